The highest BCUT2D eigenvalue weighted by Gasteiger charge is 2.18. The Morgan fingerprint density at radius 1 is 1.39 bits per heavy atom. The molecule has 1 aromatic carbocycles. The normalized spacial score (nSPS) is 16.9. The first-order chi connectivity index (χ1) is 8.68. The van der Waals surface area contributed by atoms with Gasteiger partial charge in [0.15, 0.2) is 0 Å². The van der Waals surface area contributed by atoms with Crippen LogP contribution in [0, 0.1) is 0 Å². The summed E-state index contributed by atoms with van der Waals surface area (Å²) in [7, 11) is 0. The van der Waals surface area contributed by atoms with Gasteiger partial charge in [-0.1, -0.05) is 18.2 Å². The molecule has 1 aliphatic rings. The van der Waals surface area contributed by atoms with E-state index < -0.39 is 0 Å². The molecule has 1 atom stereocenters. The van der Waals surface area contributed by atoms with Gasteiger partial charge in [0.2, 0.25) is 5.91 Å². The van der Waals surface area contributed by atoms with E-state index in [0.29, 0.717) is 5.75 Å². The Morgan fingerprint density at radius 3 is 2.72 bits per heavy atom. The molecule has 1 fully saturated rings. The first-order valence-electron chi connectivity index (χ1n) is 6.43. The van der Waals surface area contributed by atoms with Crippen LogP contribution in [0.25, 0.3) is 0 Å². The Balaban J connectivity index is 1.95. The summed E-state index contributed by atoms with van der Waals surface area (Å²) in [5.41, 5.74) is 7.06. The first-order valence-corrected chi connectivity index (χ1v) is 7.42. The van der Waals surface area contributed by atoms with Crippen LogP contribution < -0.4 is 5.73 Å². The van der Waals surface area contributed by atoms with Crippen molar-refractivity contribution in [1.29, 1.82) is 0 Å². The molecule has 1 heterocycles. The molecule has 3 nitrogen and oxygen atoms in total. The second kappa shape index (κ2) is 6.25. The largest absolute Gasteiger partial charge is 0.342 e. The maximum absolute atomic E-state index is 12.0. The average Bonchev–Trinajstić information content (AvgIpc) is 2.90. The van der Waals surface area contributed by atoms with Crippen molar-refractivity contribution in [3.63, 3.8) is 0 Å². The number of hydrogen-bond donors (Lipinski definition) is 1. The average molecular weight is 264 g/mol. The monoisotopic (exact) mass is 264 g/mol. The number of thioether (sulfide) groups is 1. The summed E-state index contributed by atoms with van der Waals surface area (Å²) in [5.74, 6) is 0.765. The molecule has 0 bridgehead atoms. The van der Waals surface area contributed by atoms with Crippen molar-refractivity contribution < 1.29 is 4.79 Å². The zero-order valence-corrected chi connectivity index (χ0v) is 11.6. The molecule has 0 aliphatic carbocycles. The van der Waals surface area contributed by atoms with E-state index >= 15 is 0 Å². The van der Waals surface area contributed by atoms with Crippen molar-refractivity contribution >= 4 is 17.7 Å². The third-order valence-electron chi connectivity index (χ3n) is 3.22. The summed E-state index contributed by atoms with van der Waals surface area (Å²) in [6, 6.07) is 8.07. The first kappa shape index (κ1) is 13.4. The number of nitrogens with two attached hydrogens (primary N) is 1. The molecule has 0 radical (unpaired) electrons. The Hall–Kier alpha value is -1.00. The van der Waals surface area contributed by atoms with Crippen LogP contribution in [0.4, 0.5) is 0 Å². The quantitative estimate of drug-likeness (QED) is 0.850. The van der Waals surface area contributed by atoms with Gasteiger partial charge in [-0.3, -0.25) is 4.79 Å². The van der Waals surface area contributed by atoms with Gasteiger partial charge in [-0.25, -0.2) is 0 Å². The molecule has 4 heteroatoms. The van der Waals surface area contributed by atoms with Crippen molar-refractivity contribution in [1.82, 2.24) is 4.90 Å². The van der Waals surface area contributed by atoms with Crippen molar-refractivity contribution in [2.75, 3.05) is 18.8 Å². The van der Waals surface area contributed by atoms with E-state index in [9.17, 15) is 4.79 Å². The van der Waals surface area contributed by atoms with E-state index in [1.54, 1.807) is 11.8 Å². The number of likely N-dealkylation sites (tertiary alicyclic amines) is 1. The fourth-order valence-corrected chi connectivity index (χ4v) is 3.24. The van der Waals surface area contributed by atoms with Crippen molar-refractivity contribution in [2.24, 2.45) is 5.73 Å². The number of carbonyl (C=O) groups is 1. The zero-order valence-electron chi connectivity index (χ0n) is 10.8. The zero-order chi connectivity index (χ0) is 13.0. The molecule has 0 aromatic heterocycles. The number of amides is 1. The topological polar surface area (TPSA) is 46.3 Å². The molecule has 98 valence electrons. The molecule has 0 unspecified atom stereocenters. The van der Waals surface area contributed by atoms with Crippen LogP contribution in [-0.2, 0) is 4.79 Å². The summed E-state index contributed by atoms with van der Waals surface area (Å²) in [6.45, 7) is 3.82. The molecule has 0 spiro atoms. The van der Waals surface area contributed by atoms with E-state index in [1.165, 1.54) is 0 Å². The van der Waals surface area contributed by atoms with E-state index in [1.807, 2.05) is 36.1 Å². The molecule has 0 saturated carbocycles. The summed E-state index contributed by atoms with van der Waals surface area (Å²) in [6.07, 6.45) is 2.29. The van der Waals surface area contributed by atoms with E-state index in [0.717, 1.165) is 36.4 Å². The van der Waals surface area contributed by atoms with Gasteiger partial charge in [0.05, 0.1) is 5.75 Å². The summed E-state index contributed by atoms with van der Waals surface area (Å²) >= 11 is 1.60. The van der Waals surface area contributed by atoms with E-state index in [-0.39, 0.29) is 11.9 Å². The minimum atomic E-state index is 0.00980. The predicted octanol–water partition coefficient (Wildman–Crippen LogP) is 2.42. The molecule has 1 saturated heterocycles. The lowest BCUT2D eigenvalue weighted by Gasteiger charge is -2.16. The number of rotatable bonds is 4. The van der Waals surface area contributed by atoms with Crippen LogP contribution in [0.5, 0.6) is 0 Å². The Kier molecular flexibility index (Phi) is 4.66. The van der Waals surface area contributed by atoms with Crippen molar-refractivity contribution in [3.05, 3.63) is 29.8 Å². The minimum absolute atomic E-state index is 0.00980. The van der Waals surface area contributed by atoms with E-state index in [4.69, 9.17) is 5.73 Å². The third-order valence-corrected chi connectivity index (χ3v) is 4.29. The number of benzene rings is 1. The van der Waals surface area contributed by atoms with E-state index in [2.05, 4.69) is 0 Å². The molecule has 18 heavy (non-hydrogen) atoms. The third kappa shape index (κ3) is 3.27. The van der Waals surface area contributed by atoms with Crippen LogP contribution in [0.3, 0.4) is 0 Å². The second-order valence-corrected chi connectivity index (χ2v) is 5.72. The molecular formula is C14H20N2OS. The molecule has 1 aromatic rings. The van der Waals surface area contributed by atoms with Crippen LogP contribution in [0.15, 0.2) is 29.2 Å². The van der Waals surface area contributed by atoms with Crippen LogP contribution >= 0.6 is 11.8 Å². The Morgan fingerprint density at radius 2 is 2.06 bits per heavy atom. The highest BCUT2D eigenvalue weighted by atomic mass is 32.2. The van der Waals surface area contributed by atoms with Crippen LogP contribution in [0.2, 0.25) is 0 Å². The fourth-order valence-electron chi connectivity index (χ4n) is 2.19. The predicted molar refractivity (Wildman–Crippen MR) is 75.6 cm³/mol. The second-order valence-electron chi connectivity index (χ2n) is 4.70. The molecule has 1 aliphatic heterocycles. The Bertz CT molecular complexity index is 414. The van der Waals surface area contributed by atoms with Gasteiger partial charge in [0.25, 0.3) is 0 Å². The van der Waals surface area contributed by atoms with Gasteiger partial charge >= 0.3 is 0 Å². The summed E-state index contributed by atoms with van der Waals surface area (Å²) in [5, 5.41) is 0. The standard InChI is InChI=1S/C14H20N2OS/c1-11(15)12-6-2-3-7-13(12)18-10-14(17)16-8-4-5-9-16/h2-3,6-7,11H,4-5,8-10,15H2,1H3/t11-/m0/s1. The van der Waals surface area contributed by atoms with Crippen LogP contribution in [-0.4, -0.2) is 29.6 Å². The maximum Gasteiger partial charge on any atom is 0.232 e. The lowest BCUT2D eigenvalue weighted by atomic mass is 10.1. The molecule has 2 rings (SSSR count). The molecule has 2 N–H and O–H groups in total. The van der Waals surface area contributed by atoms with Gasteiger partial charge in [-0.2, -0.15) is 0 Å². The van der Waals surface area contributed by atoms with Gasteiger partial charge in [0.1, 0.15) is 0 Å². The fraction of sp³-hybridized carbons (Fsp3) is 0.500. The molecule has 1 amide bonds. The molecular weight excluding hydrogens is 244 g/mol. The summed E-state index contributed by atoms with van der Waals surface area (Å²) < 4.78 is 0. The smallest absolute Gasteiger partial charge is 0.232 e. The van der Waals surface area contributed by atoms with Gasteiger partial charge < -0.3 is 10.6 Å². The number of nitrogens with zero attached hydrogens (tertiary/aromatic N) is 1. The van der Waals surface area contributed by atoms with Gasteiger partial charge in [-0.05, 0) is 31.4 Å². The SMILES string of the molecule is C[C@H](N)c1ccccc1SCC(=O)N1CCCC1. The van der Waals surface area contributed by atoms with Crippen LogP contribution in [0.1, 0.15) is 31.4 Å². The number of carbonyl (C=O) groups excluding carboxylic acids is 1. The maximum atomic E-state index is 12.0. The summed E-state index contributed by atoms with van der Waals surface area (Å²) in [4.78, 5) is 15.1. The Labute approximate surface area is 113 Å². The van der Waals surface area contributed by atoms with Gasteiger partial charge in [0, 0.05) is 24.0 Å². The lowest BCUT2D eigenvalue weighted by Crippen LogP contribution is -2.29. The highest BCUT2D eigenvalue weighted by Crippen LogP contribution is 2.26. The highest BCUT2D eigenvalue weighted by molar-refractivity contribution is 8.00. The van der Waals surface area contributed by atoms with Crippen molar-refractivity contribution in [3.8, 4) is 0 Å². The van der Waals surface area contributed by atoms with Gasteiger partial charge in [-0.15, -0.1) is 11.8 Å². The lowest BCUT2D eigenvalue weighted by molar-refractivity contribution is -0.127. The number of hydrogen-bond acceptors (Lipinski definition) is 3. The van der Waals surface area contributed by atoms with Crippen molar-refractivity contribution in [2.45, 2.75) is 30.7 Å². The minimum Gasteiger partial charge on any atom is -0.342 e.